The minimum Gasteiger partial charge on any atom is -0.318 e. The number of nitrogen functional groups attached to an aromatic ring is 1. The second-order valence-corrected chi connectivity index (χ2v) is 3.51. The standard InChI is InChI=1S/C11H9F2N5O/c12-6-1-2-7(13)8(3-6)17-11(19)9-4-16-10(18-14)5-15-9/h1-5H,14H2,(H,16,18)(H,17,19). The van der Waals surface area contributed by atoms with Crippen LogP contribution in [0.15, 0.2) is 30.6 Å². The summed E-state index contributed by atoms with van der Waals surface area (Å²) in [6, 6.07) is 2.74. The van der Waals surface area contributed by atoms with Gasteiger partial charge in [0.05, 0.1) is 18.1 Å². The van der Waals surface area contributed by atoms with E-state index in [1.165, 1.54) is 6.20 Å². The molecule has 19 heavy (non-hydrogen) atoms. The Bertz CT molecular complexity index is 603. The number of nitrogens with two attached hydrogens (primary N) is 1. The van der Waals surface area contributed by atoms with Crippen molar-refractivity contribution in [1.29, 1.82) is 0 Å². The first-order valence-corrected chi connectivity index (χ1v) is 5.15. The molecule has 0 aliphatic heterocycles. The lowest BCUT2D eigenvalue weighted by Crippen LogP contribution is -2.16. The Hall–Kier alpha value is -2.61. The van der Waals surface area contributed by atoms with Gasteiger partial charge in [0.15, 0.2) is 5.82 Å². The number of hydrogen-bond donors (Lipinski definition) is 3. The van der Waals surface area contributed by atoms with E-state index < -0.39 is 17.5 Å². The fourth-order valence-corrected chi connectivity index (χ4v) is 1.30. The molecule has 0 aliphatic carbocycles. The fraction of sp³-hybridized carbons (Fsp3) is 0. The number of nitrogens with zero attached hydrogens (tertiary/aromatic N) is 2. The van der Waals surface area contributed by atoms with Crippen LogP contribution in [0.25, 0.3) is 0 Å². The maximum Gasteiger partial charge on any atom is 0.275 e. The highest BCUT2D eigenvalue weighted by molar-refractivity contribution is 6.02. The van der Waals surface area contributed by atoms with Crippen molar-refractivity contribution < 1.29 is 13.6 Å². The quantitative estimate of drug-likeness (QED) is 0.574. The van der Waals surface area contributed by atoms with Crippen molar-refractivity contribution in [3.05, 3.63) is 47.9 Å². The van der Waals surface area contributed by atoms with E-state index in [0.717, 1.165) is 24.4 Å². The minimum absolute atomic E-state index is 0.0531. The van der Waals surface area contributed by atoms with Gasteiger partial charge in [-0.2, -0.15) is 0 Å². The Morgan fingerprint density at radius 3 is 2.63 bits per heavy atom. The Morgan fingerprint density at radius 1 is 1.21 bits per heavy atom. The average molecular weight is 265 g/mol. The molecule has 0 atom stereocenters. The Morgan fingerprint density at radius 2 is 2.00 bits per heavy atom. The number of halogens is 2. The minimum atomic E-state index is -0.747. The number of carbonyl (C=O) groups is 1. The van der Waals surface area contributed by atoms with Crippen molar-refractivity contribution in [1.82, 2.24) is 9.97 Å². The summed E-state index contributed by atoms with van der Waals surface area (Å²) in [5.74, 6) is 3.25. The van der Waals surface area contributed by atoms with Gasteiger partial charge in [-0.1, -0.05) is 0 Å². The number of rotatable bonds is 3. The zero-order valence-corrected chi connectivity index (χ0v) is 9.52. The van der Waals surface area contributed by atoms with Crippen molar-refractivity contribution in [2.45, 2.75) is 0 Å². The average Bonchev–Trinajstić information content (AvgIpc) is 2.43. The molecule has 98 valence electrons. The summed E-state index contributed by atoms with van der Waals surface area (Å²) in [7, 11) is 0. The predicted molar refractivity (Wildman–Crippen MR) is 64.2 cm³/mol. The molecule has 8 heteroatoms. The molecule has 1 aromatic heterocycles. The summed E-state index contributed by atoms with van der Waals surface area (Å²) in [6.45, 7) is 0. The second kappa shape index (κ2) is 5.36. The van der Waals surface area contributed by atoms with Gasteiger partial charge in [0.2, 0.25) is 0 Å². The van der Waals surface area contributed by atoms with E-state index >= 15 is 0 Å². The monoisotopic (exact) mass is 265 g/mol. The normalized spacial score (nSPS) is 10.1. The van der Waals surface area contributed by atoms with E-state index in [4.69, 9.17) is 5.84 Å². The van der Waals surface area contributed by atoms with Gasteiger partial charge in [-0.05, 0) is 12.1 Å². The van der Waals surface area contributed by atoms with Crippen molar-refractivity contribution >= 4 is 17.4 Å². The van der Waals surface area contributed by atoms with Gasteiger partial charge in [0.1, 0.15) is 17.3 Å². The summed E-state index contributed by atoms with van der Waals surface area (Å²) in [6.07, 6.45) is 2.39. The van der Waals surface area contributed by atoms with Crippen molar-refractivity contribution in [2.24, 2.45) is 5.84 Å². The van der Waals surface area contributed by atoms with Crippen molar-refractivity contribution in [2.75, 3.05) is 10.7 Å². The maximum atomic E-state index is 13.3. The van der Waals surface area contributed by atoms with Gasteiger partial charge in [0.25, 0.3) is 5.91 Å². The van der Waals surface area contributed by atoms with Crippen molar-refractivity contribution in [3.63, 3.8) is 0 Å². The number of benzene rings is 1. The molecular formula is C11H9F2N5O. The molecule has 0 bridgehead atoms. The summed E-state index contributed by atoms with van der Waals surface area (Å²) >= 11 is 0. The van der Waals surface area contributed by atoms with Crippen LogP contribution in [0, 0.1) is 11.6 Å². The zero-order chi connectivity index (χ0) is 13.8. The van der Waals surface area contributed by atoms with Crippen LogP contribution in [-0.2, 0) is 0 Å². The molecule has 0 spiro atoms. The molecule has 1 heterocycles. The molecule has 1 amide bonds. The molecule has 1 aromatic carbocycles. The van der Waals surface area contributed by atoms with Crippen LogP contribution in [0.3, 0.4) is 0 Å². The zero-order valence-electron chi connectivity index (χ0n) is 9.52. The smallest absolute Gasteiger partial charge is 0.275 e. The number of anilines is 2. The third-order valence-electron chi connectivity index (χ3n) is 2.21. The highest BCUT2D eigenvalue weighted by atomic mass is 19.1. The van der Waals surface area contributed by atoms with Gasteiger partial charge in [-0.15, -0.1) is 0 Å². The van der Waals surface area contributed by atoms with Crippen LogP contribution in [0.4, 0.5) is 20.3 Å². The molecule has 0 saturated heterocycles. The molecule has 6 nitrogen and oxygen atoms in total. The largest absolute Gasteiger partial charge is 0.318 e. The van der Waals surface area contributed by atoms with Gasteiger partial charge in [-0.25, -0.2) is 24.6 Å². The predicted octanol–water partition coefficient (Wildman–Crippen LogP) is 1.29. The maximum absolute atomic E-state index is 13.3. The first-order valence-electron chi connectivity index (χ1n) is 5.15. The first kappa shape index (κ1) is 12.8. The lowest BCUT2D eigenvalue weighted by atomic mass is 10.3. The summed E-state index contributed by atoms with van der Waals surface area (Å²) < 4.78 is 26.3. The van der Waals surface area contributed by atoms with Crippen LogP contribution in [-0.4, -0.2) is 15.9 Å². The first-order chi connectivity index (χ1) is 9.10. The van der Waals surface area contributed by atoms with Gasteiger partial charge >= 0.3 is 0 Å². The lowest BCUT2D eigenvalue weighted by Gasteiger charge is -2.06. The molecule has 2 aromatic rings. The molecule has 4 N–H and O–H groups in total. The van der Waals surface area contributed by atoms with Crippen LogP contribution < -0.4 is 16.6 Å². The topological polar surface area (TPSA) is 92.9 Å². The van der Waals surface area contributed by atoms with Crippen LogP contribution in [0.2, 0.25) is 0 Å². The Balaban J connectivity index is 2.18. The highest BCUT2D eigenvalue weighted by Crippen LogP contribution is 2.16. The third-order valence-corrected chi connectivity index (χ3v) is 2.21. The van der Waals surface area contributed by atoms with Gasteiger partial charge in [-0.3, -0.25) is 4.79 Å². The van der Waals surface area contributed by atoms with Crippen molar-refractivity contribution in [3.8, 4) is 0 Å². The van der Waals surface area contributed by atoms with E-state index in [0.29, 0.717) is 0 Å². The van der Waals surface area contributed by atoms with Crippen LogP contribution >= 0.6 is 0 Å². The molecule has 0 unspecified atom stereocenters. The summed E-state index contributed by atoms with van der Waals surface area (Å²) in [4.78, 5) is 19.3. The SMILES string of the molecule is NNc1cnc(C(=O)Nc2cc(F)ccc2F)cn1. The van der Waals surface area contributed by atoms with E-state index in [2.05, 4.69) is 20.7 Å². The number of amides is 1. The number of hydrogen-bond acceptors (Lipinski definition) is 5. The van der Waals surface area contributed by atoms with E-state index in [1.54, 1.807) is 0 Å². The molecule has 2 rings (SSSR count). The molecule has 0 fully saturated rings. The Kier molecular flexibility index (Phi) is 3.62. The fourth-order valence-electron chi connectivity index (χ4n) is 1.30. The number of hydrazine groups is 1. The lowest BCUT2D eigenvalue weighted by molar-refractivity contribution is 0.102. The van der Waals surface area contributed by atoms with E-state index in [-0.39, 0.29) is 17.2 Å². The van der Waals surface area contributed by atoms with Crippen LogP contribution in [0.5, 0.6) is 0 Å². The number of nitrogens with one attached hydrogen (secondary N) is 2. The summed E-state index contributed by atoms with van der Waals surface area (Å²) in [5, 5.41) is 2.20. The molecule has 0 saturated carbocycles. The highest BCUT2D eigenvalue weighted by Gasteiger charge is 2.11. The van der Waals surface area contributed by atoms with Gasteiger partial charge < -0.3 is 10.7 Å². The second-order valence-electron chi connectivity index (χ2n) is 3.51. The molecule has 0 radical (unpaired) electrons. The van der Waals surface area contributed by atoms with Gasteiger partial charge in [0, 0.05) is 6.07 Å². The van der Waals surface area contributed by atoms with E-state index in [1.807, 2.05) is 0 Å². The Labute approximate surface area is 106 Å². The number of carbonyl (C=O) groups excluding carboxylic acids is 1. The number of aromatic nitrogens is 2. The van der Waals surface area contributed by atoms with Crippen LogP contribution in [0.1, 0.15) is 10.5 Å². The third kappa shape index (κ3) is 2.99. The molecular weight excluding hydrogens is 256 g/mol. The van der Waals surface area contributed by atoms with E-state index in [9.17, 15) is 13.6 Å². The summed E-state index contributed by atoms with van der Waals surface area (Å²) in [5.41, 5.74) is 1.92. The molecule has 0 aliphatic rings.